The van der Waals surface area contributed by atoms with Crippen molar-refractivity contribution in [1.82, 2.24) is 5.32 Å². The van der Waals surface area contributed by atoms with Crippen LogP contribution in [0.5, 0.6) is 0 Å². The van der Waals surface area contributed by atoms with E-state index in [1.807, 2.05) is 13.0 Å². The van der Waals surface area contributed by atoms with E-state index in [4.69, 9.17) is 0 Å². The first-order valence-corrected chi connectivity index (χ1v) is 7.83. The van der Waals surface area contributed by atoms with Crippen molar-refractivity contribution >= 4 is 5.69 Å². The Balaban J connectivity index is 2.29. The summed E-state index contributed by atoms with van der Waals surface area (Å²) < 4.78 is 14.3. The summed E-state index contributed by atoms with van der Waals surface area (Å²) in [7, 11) is 0. The van der Waals surface area contributed by atoms with Crippen LogP contribution in [-0.4, -0.2) is 25.2 Å². The first-order valence-electron chi connectivity index (χ1n) is 7.83. The van der Waals surface area contributed by atoms with E-state index >= 15 is 0 Å². The van der Waals surface area contributed by atoms with E-state index < -0.39 is 0 Å². The van der Waals surface area contributed by atoms with Gasteiger partial charge in [0.2, 0.25) is 0 Å². The summed E-state index contributed by atoms with van der Waals surface area (Å²) in [5.74, 6) is 0.524. The maximum absolute atomic E-state index is 14.3. The van der Waals surface area contributed by atoms with Crippen molar-refractivity contribution in [2.45, 2.75) is 52.6 Å². The molecule has 0 aromatic heterocycles. The molecule has 0 aliphatic carbocycles. The van der Waals surface area contributed by atoms with Gasteiger partial charge in [0.05, 0.1) is 5.69 Å². The van der Waals surface area contributed by atoms with Gasteiger partial charge in [0.15, 0.2) is 0 Å². The Hall–Kier alpha value is -1.09. The van der Waals surface area contributed by atoms with Gasteiger partial charge < -0.3 is 10.2 Å². The third-order valence-electron chi connectivity index (χ3n) is 4.73. The molecule has 0 bridgehead atoms. The maximum atomic E-state index is 14.3. The lowest BCUT2D eigenvalue weighted by Gasteiger charge is -2.44. The van der Waals surface area contributed by atoms with Crippen LogP contribution in [0.15, 0.2) is 18.2 Å². The second kappa shape index (κ2) is 6.57. The topological polar surface area (TPSA) is 15.3 Å². The molecule has 1 saturated heterocycles. The number of nitrogens with one attached hydrogen (secondary N) is 1. The van der Waals surface area contributed by atoms with Gasteiger partial charge in [0.1, 0.15) is 5.82 Å². The Morgan fingerprint density at radius 2 is 2.15 bits per heavy atom. The largest absolute Gasteiger partial charge is 0.363 e. The second-order valence-corrected chi connectivity index (χ2v) is 6.02. The molecule has 2 rings (SSSR count). The number of rotatable bonds is 4. The Morgan fingerprint density at radius 3 is 2.75 bits per heavy atom. The van der Waals surface area contributed by atoms with Crippen LogP contribution in [0.4, 0.5) is 10.1 Å². The highest BCUT2D eigenvalue weighted by Crippen LogP contribution is 2.29. The molecule has 1 aliphatic rings. The molecule has 20 heavy (non-hydrogen) atoms. The lowest BCUT2D eigenvalue weighted by molar-refractivity contribution is 0.304. The predicted octanol–water partition coefficient (Wildman–Crippen LogP) is 3.74. The summed E-state index contributed by atoms with van der Waals surface area (Å²) in [6.45, 7) is 10.5. The normalized spacial score (nSPS) is 24.8. The number of hydrogen-bond donors (Lipinski definition) is 1. The number of aryl methyl sites for hydroxylation is 1. The van der Waals surface area contributed by atoms with Crippen LogP contribution >= 0.6 is 0 Å². The summed E-state index contributed by atoms with van der Waals surface area (Å²) in [6.07, 6.45) is 2.19. The van der Waals surface area contributed by atoms with Crippen molar-refractivity contribution in [3.05, 3.63) is 29.6 Å². The van der Waals surface area contributed by atoms with Gasteiger partial charge in [-0.2, -0.15) is 0 Å². The number of hydrogen-bond acceptors (Lipinski definition) is 2. The molecule has 1 aromatic rings. The minimum Gasteiger partial charge on any atom is -0.363 e. The van der Waals surface area contributed by atoms with Crippen LogP contribution in [0.1, 0.15) is 39.2 Å². The number of piperazine rings is 1. The van der Waals surface area contributed by atoms with Gasteiger partial charge in [-0.25, -0.2) is 4.39 Å². The highest BCUT2D eigenvalue weighted by atomic mass is 19.1. The fourth-order valence-corrected chi connectivity index (χ4v) is 3.11. The van der Waals surface area contributed by atoms with E-state index in [9.17, 15) is 4.39 Å². The summed E-state index contributed by atoms with van der Waals surface area (Å²) in [5.41, 5.74) is 1.84. The lowest BCUT2D eigenvalue weighted by atomic mass is 9.94. The molecule has 3 heteroatoms. The average molecular weight is 278 g/mol. The zero-order valence-electron chi connectivity index (χ0n) is 13.1. The van der Waals surface area contributed by atoms with Crippen molar-refractivity contribution in [1.29, 1.82) is 0 Å². The van der Waals surface area contributed by atoms with Gasteiger partial charge in [-0.05, 0) is 30.9 Å². The standard InChI is InChI=1S/C17H27FN2/c1-5-12(3)16-11-20(14(6-2)10-19-16)17-13(4)8-7-9-15(17)18/h7-9,12,14,16,19H,5-6,10-11H2,1-4H3. The fraction of sp³-hybridized carbons (Fsp3) is 0.647. The monoisotopic (exact) mass is 278 g/mol. The van der Waals surface area contributed by atoms with E-state index in [0.29, 0.717) is 18.0 Å². The van der Waals surface area contributed by atoms with Crippen LogP contribution in [0.25, 0.3) is 0 Å². The van der Waals surface area contributed by atoms with E-state index in [0.717, 1.165) is 37.2 Å². The summed E-state index contributed by atoms with van der Waals surface area (Å²) in [6, 6.07) is 6.21. The van der Waals surface area contributed by atoms with Crippen LogP contribution in [-0.2, 0) is 0 Å². The average Bonchev–Trinajstić information content (AvgIpc) is 2.46. The highest BCUT2D eigenvalue weighted by molar-refractivity contribution is 5.55. The van der Waals surface area contributed by atoms with E-state index in [1.54, 1.807) is 12.1 Å². The van der Waals surface area contributed by atoms with Crippen molar-refractivity contribution in [3.8, 4) is 0 Å². The molecule has 0 saturated carbocycles. The molecule has 2 nitrogen and oxygen atoms in total. The van der Waals surface area contributed by atoms with Gasteiger partial charge in [-0.3, -0.25) is 0 Å². The van der Waals surface area contributed by atoms with Gasteiger partial charge in [-0.1, -0.05) is 39.3 Å². The molecule has 1 aliphatic heterocycles. The second-order valence-electron chi connectivity index (χ2n) is 6.02. The maximum Gasteiger partial charge on any atom is 0.146 e. The molecule has 1 heterocycles. The number of benzene rings is 1. The molecule has 112 valence electrons. The van der Waals surface area contributed by atoms with Crippen LogP contribution in [0.3, 0.4) is 0 Å². The smallest absolute Gasteiger partial charge is 0.146 e. The van der Waals surface area contributed by atoms with Crippen LogP contribution in [0.2, 0.25) is 0 Å². The zero-order chi connectivity index (χ0) is 14.7. The fourth-order valence-electron chi connectivity index (χ4n) is 3.11. The lowest BCUT2D eigenvalue weighted by Crippen LogP contribution is -2.58. The van der Waals surface area contributed by atoms with Crippen molar-refractivity contribution in [2.24, 2.45) is 5.92 Å². The molecule has 1 N–H and O–H groups in total. The molecule has 1 aromatic carbocycles. The summed E-state index contributed by atoms with van der Waals surface area (Å²) >= 11 is 0. The molecule has 3 atom stereocenters. The van der Waals surface area contributed by atoms with Gasteiger partial charge in [-0.15, -0.1) is 0 Å². The molecular weight excluding hydrogens is 251 g/mol. The Morgan fingerprint density at radius 1 is 1.40 bits per heavy atom. The SMILES string of the molecule is CCC(C)C1CN(c2c(C)cccc2F)C(CC)CN1. The Bertz CT molecular complexity index is 426. The zero-order valence-corrected chi connectivity index (χ0v) is 13.1. The molecule has 0 radical (unpaired) electrons. The summed E-state index contributed by atoms with van der Waals surface area (Å²) in [5, 5.41) is 3.65. The molecule has 3 unspecified atom stereocenters. The number of anilines is 1. The van der Waals surface area contributed by atoms with Gasteiger partial charge >= 0.3 is 0 Å². The van der Waals surface area contributed by atoms with Crippen LogP contribution < -0.4 is 10.2 Å². The number of para-hydroxylation sites is 1. The third kappa shape index (κ3) is 2.98. The van der Waals surface area contributed by atoms with Crippen molar-refractivity contribution in [2.75, 3.05) is 18.0 Å². The van der Waals surface area contributed by atoms with Crippen LogP contribution in [0, 0.1) is 18.7 Å². The highest BCUT2D eigenvalue weighted by Gasteiger charge is 2.31. The van der Waals surface area contributed by atoms with E-state index in [-0.39, 0.29) is 5.82 Å². The Labute approximate surface area is 122 Å². The van der Waals surface area contributed by atoms with Gasteiger partial charge in [0, 0.05) is 25.2 Å². The first-order chi connectivity index (χ1) is 9.58. The van der Waals surface area contributed by atoms with Crippen molar-refractivity contribution in [3.63, 3.8) is 0 Å². The predicted molar refractivity (Wildman–Crippen MR) is 83.8 cm³/mol. The number of halogens is 1. The number of nitrogens with zero attached hydrogens (tertiary/aromatic N) is 1. The van der Waals surface area contributed by atoms with Crippen molar-refractivity contribution < 1.29 is 4.39 Å². The third-order valence-corrected chi connectivity index (χ3v) is 4.73. The molecule has 0 amide bonds. The van der Waals surface area contributed by atoms with E-state index in [1.165, 1.54) is 0 Å². The molecule has 0 spiro atoms. The van der Waals surface area contributed by atoms with Gasteiger partial charge in [0.25, 0.3) is 0 Å². The van der Waals surface area contributed by atoms with E-state index in [2.05, 4.69) is 31.0 Å². The first kappa shape index (κ1) is 15.3. The summed E-state index contributed by atoms with van der Waals surface area (Å²) in [4.78, 5) is 2.29. The quantitative estimate of drug-likeness (QED) is 0.902. The molecular formula is C17H27FN2. The minimum absolute atomic E-state index is 0.0896. The Kier molecular flexibility index (Phi) is 5.03. The molecule has 1 fully saturated rings. The minimum atomic E-state index is -0.0896.